The number of nitrogens with zero attached hydrogens (tertiary/aromatic N) is 3. The summed E-state index contributed by atoms with van der Waals surface area (Å²) in [5.74, 6) is 0.840. The summed E-state index contributed by atoms with van der Waals surface area (Å²) in [6, 6.07) is 15.0. The molecule has 0 saturated heterocycles. The standard InChI is InChI=1S/C20H27N5.HI/c1-3-21-20(24-15-18-9-6-7-12-22-18)23-14-16(2)25-13-11-17-8-4-5-10-19(17)25;/h4-10,12,16H,3,11,13-15H2,1-2H3,(H2,21,23,24);1H. The van der Waals surface area contributed by atoms with Crippen LogP contribution in [0.15, 0.2) is 53.7 Å². The molecule has 26 heavy (non-hydrogen) atoms. The maximum Gasteiger partial charge on any atom is 0.191 e. The summed E-state index contributed by atoms with van der Waals surface area (Å²) < 4.78 is 0. The van der Waals surface area contributed by atoms with Crippen LogP contribution >= 0.6 is 24.0 Å². The lowest BCUT2D eigenvalue weighted by molar-refractivity contribution is 0.625. The maximum atomic E-state index is 4.64. The first kappa shape index (κ1) is 20.5. The fourth-order valence-electron chi connectivity index (χ4n) is 3.17. The highest BCUT2D eigenvalue weighted by atomic mass is 127. The quantitative estimate of drug-likeness (QED) is 0.391. The van der Waals surface area contributed by atoms with Gasteiger partial charge in [0.1, 0.15) is 0 Å². The number of fused-ring (bicyclic) bond motifs is 1. The molecule has 2 N–H and O–H groups in total. The van der Waals surface area contributed by atoms with Gasteiger partial charge in [-0.25, -0.2) is 4.99 Å². The zero-order chi connectivity index (χ0) is 17.5. The highest BCUT2D eigenvalue weighted by Crippen LogP contribution is 2.28. The maximum absolute atomic E-state index is 4.64. The summed E-state index contributed by atoms with van der Waals surface area (Å²) in [4.78, 5) is 11.4. The molecule has 0 spiro atoms. The van der Waals surface area contributed by atoms with E-state index in [1.54, 1.807) is 6.20 Å². The Morgan fingerprint density at radius 2 is 2.00 bits per heavy atom. The topological polar surface area (TPSA) is 52.6 Å². The van der Waals surface area contributed by atoms with E-state index in [1.807, 2.05) is 18.2 Å². The number of rotatable bonds is 6. The molecule has 0 fully saturated rings. The van der Waals surface area contributed by atoms with E-state index in [4.69, 9.17) is 0 Å². The minimum Gasteiger partial charge on any atom is -0.366 e. The van der Waals surface area contributed by atoms with Crippen LogP contribution in [0.5, 0.6) is 0 Å². The SMILES string of the molecule is CCNC(=NCc1ccccn1)NCC(C)N1CCc2ccccc21.I. The summed E-state index contributed by atoms with van der Waals surface area (Å²) in [5.41, 5.74) is 3.79. The predicted octanol–water partition coefficient (Wildman–Crippen LogP) is 3.21. The third-order valence-corrected chi connectivity index (χ3v) is 4.49. The van der Waals surface area contributed by atoms with Crippen LogP contribution in [0.4, 0.5) is 5.69 Å². The van der Waals surface area contributed by atoms with Crippen molar-refractivity contribution < 1.29 is 0 Å². The molecule has 0 radical (unpaired) electrons. The Morgan fingerprint density at radius 1 is 1.19 bits per heavy atom. The van der Waals surface area contributed by atoms with Crippen LogP contribution in [0, 0.1) is 0 Å². The fourth-order valence-corrected chi connectivity index (χ4v) is 3.17. The normalized spacial score (nSPS) is 14.4. The van der Waals surface area contributed by atoms with Crippen LogP contribution in [0.25, 0.3) is 0 Å². The third-order valence-electron chi connectivity index (χ3n) is 4.49. The molecule has 2 heterocycles. The number of aromatic nitrogens is 1. The molecule has 5 nitrogen and oxygen atoms in total. The van der Waals surface area contributed by atoms with Crippen LogP contribution in [-0.2, 0) is 13.0 Å². The van der Waals surface area contributed by atoms with Gasteiger partial charge in [-0.05, 0) is 44.0 Å². The first-order chi connectivity index (χ1) is 12.3. The highest BCUT2D eigenvalue weighted by Gasteiger charge is 2.22. The molecule has 1 aliphatic rings. The number of halogens is 1. The largest absolute Gasteiger partial charge is 0.366 e. The monoisotopic (exact) mass is 465 g/mol. The smallest absolute Gasteiger partial charge is 0.191 e. The molecule has 0 amide bonds. The molecule has 6 heteroatoms. The number of anilines is 1. The number of nitrogens with one attached hydrogen (secondary N) is 2. The van der Waals surface area contributed by atoms with Gasteiger partial charge in [-0.3, -0.25) is 4.98 Å². The van der Waals surface area contributed by atoms with Gasteiger partial charge in [0.2, 0.25) is 0 Å². The van der Waals surface area contributed by atoms with Gasteiger partial charge in [-0.2, -0.15) is 0 Å². The molecule has 0 bridgehead atoms. The molecule has 1 atom stereocenters. The second-order valence-electron chi connectivity index (χ2n) is 6.32. The Hall–Kier alpha value is -1.83. The number of pyridine rings is 1. The average molecular weight is 465 g/mol. The van der Waals surface area contributed by atoms with Crippen molar-refractivity contribution in [3.8, 4) is 0 Å². The minimum atomic E-state index is 0. The van der Waals surface area contributed by atoms with E-state index < -0.39 is 0 Å². The first-order valence-electron chi connectivity index (χ1n) is 9.04. The van der Waals surface area contributed by atoms with Crippen LogP contribution in [0.2, 0.25) is 0 Å². The molecule has 1 unspecified atom stereocenters. The number of benzene rings is 1. The number of para-hydroxylation sites is 1. The zero-order valence-electron chi connectivity index (χ0n) is 15.5. The number of hydrogen-bond donors (Lipinski definition) is 2. The summed E-state index contributed by atoms with van der Waals surface area (Å²) in [7, 11) is 0. The minimum absolute atomic E-state index is 0. The van der Waals surface area contributed by atoms with Crippen molar-refractivity contribution in [2.75, 3.05) is 24.5 Å². The molecule has 1 aromatic carbocycles. The van der Waals surface area contributed by atoms with Crippen molar-refractivity contribution in [1.29, 1.82) is 0 Å². The van der Waals surface area contributed by atoms with Crippen LogP contribution in [0.3, 0.4) is 0 Å². The molecule has 3 rings (SSSR count). The fraction of sp³-hybridized carbons (Fsp3) is 0.400. The van der Waals surface area contributed by atoms with E-state index in [1.165, 1.54) is 11.3 Å². The number of hydrogen-bond acceptors (Lipinski definition) is 3. The lowest BCUT2D eigenvalue weighted by atomic mass is 10.2. The molecular weight excluding hydrogens is 437 g/mol. The van der Waals surface area contributed by atoms with Crippen LogP contribution in [-0.4, -0.2) is 36.6 Å². The second kappa shape index (κ2) is 10.4. The van der Waals surface area contributed by atoms with Crippen molar-refractivity contribution >= 4 is 35.6 Å². The Balaban J connectivity index is 0.00000243. The average Bonchev–Trinajstić information content (AvgIpc) is 3.09. The molecular formula is C20H28IN5. The van der Waals surface area contributed by atoms with E-state index in [2.05, 4.69) is 63.6 Å². The second-order valence-corrected chi connectivity index (χ2v) is 6.32. The van der Waals surface area contributed by atoms with Crippen molar-refractivity contribution in [2.24, 2.45) is 4.99 Å². The van der Waals surface area contributed by atoms with E-state index in [9.17, 15) is 0 Å². The molecule has 0 saturated carbocycles. The molecule has 0 aliphatic carbocycles. The highest BCUT2D eigenvalue weighted by molar-refractivity contribution is 14.0. The summed E-state index contributed by atoms with van der Waals surface area (Å²) in [5, 5.41) is 6.78. The lowest BCUT2D eigenvalue weighted by Gasteiger charge is -2.28. The van der Waals surface area contributed by atoms with Crippen molar-refractivity contribution in [3.05, 3.63) is 59.9 Å². The first-order valence-corrected chi connectivity index (χ1v) is 9.04. The van der Waals surface area contributed by atoms with Crippen molar-refractivity contribution in [3.63, 3.8) is 0 Å². The van der Waals surface area contributed by atoms with Crippen LogP contribution in [0.1, 0.15) is 25.1 Å². The summed E-state index contributed by atoms with van der Waals surface area (Å²) in [6.07, 6.45) is 2.94. The Kier molecular flexibility index (Phi) is 8.15. The number of guanidine groups is 1. The van der Waals surface area contributed by atoms with E-state index in [-0.39, 0.29) is 24.0 Å². The van der Waals surface area contributed by atoms with E-state index in [0.29, 0.717) is 12.6 Å². The van der Waals surface area contributed by atoms with E-state index >= 15 is 0 Å². The van der Waals surface area contributed by atoms with Crippen molar-refractivity contribution in [1.82, 2.24) is 15.6 Å². The molecule has 1 aliphatic heterocycles. The summed E-state index contributed by atoms with van der Waals surface area (Å²) >= 11 is 0. The van der Waals surface area contributed by atoms with Gasteiger partial charge in [0.05, 0.1) is 12.2 Å². The van der Waals surface area contributed by atoms with Gasteiger partial charge in [0, 0.05) is 37.6 Å². The Morgan fingerprint density at radius 3 is 2.77 bits per heavy atom. The van der Waals surface area contributed by atoms with Crippen LogP contribution < -0.4 is 15.5 Å². The zero-order valence-corrected chi connectivity index (χ0v) is 17.8. The lowest BCUT2D eigenvalue weighted by Crippen LogP contribution is -2.45. The van der Waals surface area contributed by atoms with Gasteiger partial charge in [-0.1, -0.05) is 24.3 Å². The van der Waals surface area contributed by atoms with E-state index in [0.717, 1.165) is 37.7 Å². The van der Waals surface area contributed by atoms with Gasteiger partial charge < -0.3 is 15.5 Å². The molecule has 2 aromatic rings. The Bertz CT molecular complexity index is 704. The predicted molar refractivity (Wildman–Crippen MR) is 119 cm³/mol. The molecule has 1 aromatic heterocycles. The van der Waals surface area contributed by atoms with Gasteiger partial charge in [-0.15, -0.1) is 24.0 Å². The van der Waals surface area contributed by atoms with Gasteiger partial charge in [0.15, 0.2) is 5.96 Å². The molecule has 140 valence electrons. The third kappa shape index (κ3) is 5.33. The van der Waals surface area contributed by atoms with Crippen molar-refractivity contribution in [2.45, 2.75) is 32.9 Å². The van der Waals surface area contributed by atoms with Gasteiger partial charge >= 0.3 is 0 Å². The van der Waals surface area contributed by atoms with Gasteiger partial charge in [0.25, 0.3) is 0 Å². The summed E-state index contributed by atoms with van der Waals surface area (Å²) in [6.45, 7) is 7.70. The number of aliphatic imine (C=N–C) groups is 1. The Labute approximate surface area is 173 Å².